The third-order valence-corrected chi connectivity index (χ3v) is 6.34. The van der Waals surface area contributed by atoms with Gasteiger partial charge in [-0.2, -0.15) is 0 Å². The van der Waals surface area contributed by atoms with E-state index in [9.17, 15) is 18.0 Å². The summed E-state index contributed by atoms with van der Waals surface area (Å²) in [5.41, 5.74) is 7.27. The fourth-order valence-electron chi connectivity index (χ4n) is 4.44. The maximum Gasteiger partial charge on any atom is 0.280 e. The van der Waals surface area contributed by atoms with Gasteiger partial charge in [0, 0.05) is 43.0 Å². The van der Waals surface area contributed by atoms with Crippen LogP contribution in [0.3, 0.4) is 0 Å². The van der Waals surface area contributed by atoms with E-state index in [1.807, 2.05) is 19.1 Å². The van der Waals surface area contributed by atoms with Crippen LogP contribution >= 0.6 is 0 Å². The summed E-state index contributed by atoms with van der Waals surface area (Å²) in [6.45, 7) is 4.97. The van der Waals surface area contributed by atoms with Gasteiger partial charge >= 0.3 is 0 Å². The predicted octanol–water partition coefficient (Wildman–Crippen LogP) is 4.12. The van der Waals surface area contributed by atoms with Crippen molar-refractivity contribution >= 4 is 5.57 Å². The molecule has 5 rings (SSSR count). The number of hydrogen-bond acceptors (Lipinski definition) is 5. The number of hydrogen-bond donors (Lipinski definition) is 1. The summed E-state index contributed by atoms with van der Waals surface area (Å²) < 4.78 is 41.2. The zero-order valence-corrected chi connectivity index (χ0v) is 18.1. The number of rotatable bonds is 3. The number of benzene rings is 1. The van der Waals surface area contributed by atoms with E-state index in [1.54, 1.807) is 19.2 Å². The summed E-state index contributed by atoms with van der Waals surface area (Å²) in [6.07, 6.45) is -0.638. The first-order valence-electron chi connectivity index (χ1n) is 10.7. The molecule has 3 aromatic rings. The highest BCUT2D eigenvalue weighted by Crippen LogP contribution is 2.30. The summed E-state index contributed by atoms with van der Waals surface area (Å²) in [4.78, 5) is 23.3. The van der Waals surface area contributed by atoms with E-state index in [0.29, 0.717) is 25.1 Å². The molecule has 0 fully saturated rings. The van der Waals surface area contributed by atoms with Gasteiger partial charge < -0.3 is 0 Å². The quantitative estimate of drug-likeness (QED) is 0.647. The van der Waals surface area contributed by atoms with Gasteiger partial charge in [-0.25, -0.2) is 22.8 Å². The van der Waals surface area contributed by atoms with Gasteiger partial charge in [0.05, 0.1) is 0 Å². The number of alkyl halides is 2. The molecule has 33 heavy (non-hydrogen) atoms. The molecular weight excluding hydrogens is 431 g/mol. The molecule has 0 aliphatic carbocycles. The lowest BCUT2D eigenvalue weighted by Crippen LogP contribution is -2.52. The molecule has 0 spiro atoms. The SMILES string of the molecule is CC1=C(C)C(N2CCc3ncc(-c4cccc(F)c4)cc3C2)Nn2c1nc(C(F)F)cc2=O. The Morgan fingerprint density at radius 1 is 1.15 bits per heavy atom. The molecule has 2 aromatic heterocycles. The smallest absolute Gasteiger partial charge is 0.280 e. The van der Waals surface area contributed by atoms with Crippen molar-refractivity contribution in [3.63, 3.8) is 0 Å². The maximum absolute atomic E-state index is 13.7. The summed E-state index contributed by atoms with van der Waals surface area (Å²) in [7, 11) is 0. The summed E-state index contributed by atoms with van der Waals surface area (Å²) in [5, 5.41) is 0. The van der Waals surface area contributed by atoms with Crippen LogP contribution in [0.25, 0.3) is 16.7 Å². The molecule has 1 N–H and O–H groups in total. The predicted molar refractivity (Wildman–Crippen MR) is 119 cm³/mol. The molecule has 1 unspecified atom stereocenters. The molecule has 170 valence electrons. The van der Waals surface area contributed by atoms with E-state index >= 15 is 0 Å². The Bertz CT molecular complexity index is 1330. The van der Waals surface area contributed by atoms with Gasteiger partial charge in [0.15, 0.2) is 5.82 Å². The van der Waals surface area contributed by atoms with Crippen LogP contribution in [0.15, 0.2) is 53.0 Å². The molecule has 0 radical (unpaired) electrons. The van der Waals surface area contributed by atoms with Crippen molar-refractivity contribution in [2.75, 3.05) is 12.0 Å². The third kappa shape index (κ3) is 3.82. The zero-order valence-electron chi connectivity index (χ0n) is 18.1. The number of aromatic nitrogens is 3. The van der Waals surface area contributed by atoms with Crippen molar-refractivity contribution in [1.82, 2.24) is 19.5 Å². The van der Waals surface area contributed by atoms with Gasteiger partial charge in [0.25, 0.3) is 12.0 Å². The van der Waals surface area contributed by atoms with Crippen LogP contribution in [0.5, 0.6) is 0 Å². The highest BCUT2D eigenvalue weighted by molar-refractivity contribution is 5.65. The number of allylic oxidation sites excluding steroid dienone is 1. The van der Waals surface area contributed by atoms with Crippen molar-refractivity contribution in [3.8, 4) is 11.1 Å². The zero-order chi connectivity index (χ0) is 23.3. The summed E-state index contributed by atoms with van der Waals surface area (Å²) >= 11 is 0. The second-order valence-corrected chi connectivity index (χ2v) is 8.38. The Kier molecular flexibility index (Phi) is 5.28. The molecule has 2 aliphatic heterocycles. The number of halogens is 3. The van der Waals surface area contributed by atoms with Gasteiger partial charge in [-0.15, -0.1) is 0 Å². The van der Waals surface area contributed by atoms with Crippen molar-refractivity contribution < 1.29 is 13.2 Å². The van der Waals surface area contributed by atoms with Crippen LogP contribution in [0.4, 0.5) is 13.2 Å². The molecular formula is C24H22F3N5O. The van der Waals surface area contributed by atoms with Gasteiger partial charge in [-0.1, -0.05) is 12.1 Å². The maximum atomic E-state index is 13.7. The normalized spacial score (nSPS) is 18.2. The largest absolute Gasteiger partial charge is 0.300 e. The highest BCUT2D eigenvalue weighted by Gasteiger charge is 2.32. The van der Waals surface area contributed by atoms with E-state index in [-0.39, 0.29) is 17.8 Å². The van der Waals surface area contributed by atoms with Crippen LogP contribution in [0.1, 0.15) is 43.0 Å². The lowest BCUT2D eigenvalue weighted by atomic mass is 9.98. The Hall–Kier alpha value is -3.46. The topological polar surface area (TPSA) is 63.1 Å². The van der Waals surface area contributed by atoms with Gasteiger partial charge in [0.2, 0.25) is 0 Å². The lowest BCUT2D eigenvalue weighted by Gasteiger charge is -2.40. The Balaban J connectivity index is 1.47. The molecule has 0 amide bonds. The van der Waals surface area contributed by atoms with Crippen molar-refractivity contribution in [2.45, 2.75) is 39.4 Å². The summed E-state index contributed by atoms with van der Waals surface area (Å²) in [5.74, 6) is -0.0961. The molecule has 4 heterocycles. The van der Waals surface area contributed by atoms with Crippen LogP contribution in [-0.2, 0) is 13.0 Å². The Morgan fingerprint density at radius 3 is 2.73 bits per heavy atom. The number of nitrogens with zero attached hydrogens (tertiary/aromatic N) is 4. The highest BCUT2D eigenvalue weighted by atomic mass is 19.3. The number of fused-ring (bicyclic) bond motifs is 2. The van der Waals surface area contributed by atoms with Gasteiger partial charge in [-0.05, 0) is 54.3 Å². The molecule has 0 saturated heterocycles. The third-order valence-electron chi connectivity index (χ3n) is 6.34. The molecule has 2 aliphatic rings. The van der Waals surface area contributed by atoms with E-state index < -0.39 is 17.7 Å². The monoisotopic (exact) mass is 453 g/mol. The first kappa shape index (κ1) is 21.4. The first-order valence-corrected chi connectivity index (χ1v) is 10.7. The average Bonchev–Trinajstić information content (AvgIpc) is 2.80. The standard InChI is InChI=1S/C24H22F3N5O/c1-13-14(2)24(30-32-21(33)10-20(22(26)27)29-23(13)32)31-7-6-19-17(12-31)8-16(11-28-19)15-4-3-5-18(25)9-15/h3-5,8-11,22,24,30H,6-7,12H2,1-2H3. The number of pyridine rings is 1. The minimum atomic E-state index is -2.81. The Morgan fingerprint density at radius 2 is 1.97 bits per heavy atom. The van der Waals surface area contributed by atoms with E-state index in [1.165, 1.54) is 16.8 Å². The number of nitrogens with one attached hydrogen (secondary N) is 1. The first-order chi connectivity index (χ1) is 15.8. The fourth-order valence-corrected chi connectivity index (χ4v) is 4.44. The van der Waals surface area contributed by atoms with Crippen molar-refractivity contribution in [3.05, 3.63) is 87.1 Å². The van der Waals surface area contributed by atoms with Gasteiger partial charge in [-0.3, -0.25) is 20.1 Å². The second-order valence-electron chi connectivity index (χ2n) is 8.38. The van der Waals surface area contributed by atoms with Crippen LogP contribution in [-0.4, -0.2) is 32.3 Å². The fraction of sp³-hybridized carbons (Fsp3) is 0.292. The minimum absolute atomic E-state index is 0.207. The lowest BCUT2D eigenvalue weighted by molar-refractivity contribution is 0.145. The van der Waals surface area contributed by atoms with Crippen molar-refractivity contribution in [2.24, 2.45) is 0 Å². The molecule has 1 atom stereocenters. The molecule has 9 heteroatoms. The van der Waals surface area contributed by atoms with Crippen molar-refractivity contribution in [1.29, 1.82) is 0 Å². The molecule has 0 saturated carbocycles. The van der Waals surface area contributed by atoms with Crippen LogP contribution < -0.4 is 11.0 Å². The van der Waals surface area contributed by atoms with Crippen LogP contribution in [0.2, 0.25) is 0 Å². The minimum Gasteiger partial charge on any atom is -0.300 e. The molecule has 0 bridgehead atoms. The van der Waals surface area contributed by atoms with E-state index in [4.69, 9.17) is 0 Å². The molecule has 1 aromatic carbocycles. The van der Waals surface area contributed by atoms with Crippen LogP contribution in [0, 0.1) is 5.82 Å². The average molecular weight is 453 g/mol. The Labute approximate surface area is 188 Å². The second kappa shape index (κ2) is 8.15. The summed E-state index contributed by atoms with van der Waals surface area (Å²) in [6, 6.07) is 9.29. The molecule has 6 nitrogen and oxygen atoms in total. The van der Waals surface area contributed by atoms with Gasteiger partial charge in [0.1, 0.15) is 17.7 Å². The van der Waals surface area contributed by atoms with E-state index in [0.717, 1.165) is 34.0 Å². The van der Waals surface area contributed by atoms with E-state index in [2.05, 4.69) is 20.3 Å².